The molecular weight excluding hydrogens is 204 g/mol. The molecule has 1 rings (SSSR count). The van der Waals surface area contributed by atoms with Crippen LogP contribution in [0.25, 0.3) is 0 Å². The second-order valence-electron chi connectivity index (χ2n) is 3.16. The van der Waals surface area contributed by atoms with Crippen molar-refractivity contribution in [1.29, 1.82) is 5.26 Å². The molecule has 0 aromatic carbocycles. The van der Waals surface area contributed by atoms with Gasteiger partial charge in [-0.25, -0.2) is 0 Å². The Hall–Kier alpha value is -1.67. The summed E-state index contributed by atoms with van der Waals surface area (Å²) in [7, 11) is 0. The Morgan fingerprint density at radius 2 is 2.31 bits per heavy atom. The minimum atomic E-state index is 0.549. The molecule has 5 heteroatoms. The largest absolute Gasteiger partial charge is 0.380 e. The van der Waals surface area contributed by atoms with Gasteiger partial charge in [0.15, 0.2) is 5.82 Å². The van der Waals surface area contributed by atoms with Crippen LogP contribution in [-0.2, 0) is 4.74 Å². The zero-order chi connectivity index (χ0) is 11.8. The van der Waals surface area contributed by atoms with Crippen molar-refractivity contribution in [3.8, 4) is 6.07 Å². The summed E-state index contributed by atoms with van der Waals surface area (Å²) in [6, 6.07) is 3.79. The predicted octanol–water partition coefficient (Wildman–Crippen LogP) is 1.21. The fourth-order valence-electron chi connectivity index (χ4n) is 1.38. The number of hydrogen-bond acceptors (Lipinski definition) is 5. The van der Waals surface area contributed by atoms with Gasteiger partial charge in [0, 0.05) is 19.7 Å². The molecule has 0 aliphatic rings. The van der Waals surface area contributed by atoms with E-state index in [4.69, 9.17) is 10.00 Å². The van der Waals surface area contributed by atoms with Crippen molar-refractivity contribution < 1.29 is 4.74 Å². The van der Waals surface area contributed by atoms with Gasteiger partial charge < -0.3 is 9.64 Å². The lowest BCUT2D eigenvalue weighted by Gasteiger charge is -2.21. The Kier molecular flexibility index (Phi) is 5.23. The number of nitrogens with zero attached hydrogens (tertiary/aromatic N) is 4. The summed E-state index contributed by atoms with van der Waals surface area (Å²) in [5.74, 6) is 0.632. The molecular formula is C11H16N4O. The van der Waals surface area contributed by atoms with Gasteiger partial charge in [0.05, 0.1) is 18.4 Å². The number of aromatic nitrogens is 2. The van der Waals surface area contributed by atoms with Gasteiger partial charge in [0.2, 0.25) is 0 Å². The highest BCUT2D eigenvalue weighted by Crippen LogP contribution is 2.14. The van der Waals surface area contributed by atoms with Crippen LogP contribution >= 0.6 is 0 Å². The summed E-state index contributed by atoms with van der Waals surface area (Å²) in [6.45, 7) is 6.80. The quantitative estimate of drug-likeness (QED) is 0.674. The topological polar surface area (TPSA) is 62.0 Å². The molecule has 0 bridgehead atoms. The molecule has 0 spiro atoms. The fourth-order valence-corrected chi connectivity index (χ4v) is 1.38. The maximum Gasteiger partial charge on any atom is 0.169 e. The van der Waals surface area contributed by atoms with E-state index in [-0.39, 0.29) is 0 Å². The molecule has 16 heavy (non-hydrogen) atoms. The van der Waals surface area contributed by atoms with Crippen molar-refractivity contribution >= 4 is 5.82 Å². The van der Waals surface area contributed by atoms with E-state index < -0.39 is 0 Å². The first kappa shape index (κ1) is 12.4. The minimum absolute atomic E-state index is 0.549. The number of hydrogen-bond donors (Lipinski definition) is 0. The van der Waals surface area contributed by atoms with Gasteiger partial charge in [-0.2, -0.15) is 10.4 Å². The third-order valence-electron chi connectivity index (χ3n) is 2.21. The normalized spacial score (nSPS) is 9.81. The van der Waals surface area contributed by atoms with E-state index in [1.165, 1.54) is 6.20 Å². The van der Waals surface area contributed by atoms with Gasteiger partial charge in [0.25, 0.3) is 0 Å². The maximum atomic E-state index is 8.96. The van der Waals surface area contributed by atoms with E-state index in [2.05, 4.69) is 16.3 Å². The Balaban J connectivity index is 2.74. The van der Waals surface area contributed by atoms with Gasteiger partial charge in [-0.05, 0) is 19.9 Å². The summed E-state index contributed by atoms with van der Waals surface area (Å²) in [6.07, 6.45) is 1.53. The second kappa shape index (κ2) is 6.75. The summed E-state index contributed by atoms with van der Waals surface area (Å²) in [5, 5.41) is 16.8. The van der Waals surface area contributed by atoms with Crippen molar-refractivity contribution in [2.75, 3.05) is 31.2 Å². The standard InChI is InChI=1S/C11H16N4O/c1-3-15(7-8-16-4-2)11-10(9-12)5-6-13-14-11/h5-6H,3-4,7-8H2,1-2H3. The molecule has 1 aromatic heterocycles. The number of likely N-dealkylation sites (N-methyl/N-ethyl adjacent to an activating group) is 1. The highest BCUT2D eigenvalue weighted by Gasteiger charge is 2.10. The molecule has 0 saturated carbocycles. The molecule has 0 saturated heterocycles. The monoisotopic (exact) mass is 220 g/mol. The lowest BCUT2D eigenvalue weighted by Crippen LogP contribution is -2.29. The molecule has 0 N–H and O–H groups in total. The summed E-state index contributed by atoms with van der Waals surface area (Å²) < 4.78 is 5.29. The average molecular weight is 220 g/mol. The molecule has 86 valence electrons. The van der Waals surface area contributed by atoms with Crippen LogP contribution in [0.3, 0.4) is 0 Å². The van der Waals surface area contributed by atoms with Gasteiger partial charge in [0.1, 0.15) is 6.07 Å². The lowest BCUT2D eigenvalue weighted by molar-refractivity contribution is 0.154. The first-order valence-electron chi connectivity index (χ1n) is 5.38. The van der Waals surface area contributed by atoms with Crippen molar-refractivity contribution in [3.05, 3.63) is 17.8 Å². The molecule has 0 radical (unpaired) electrons. The van der Waals surface area contributed by atoms with Gasteiger partial charge >= 0.3 is 0 Å². The van der Waals surface area contributed by atoms with Crippen molar-refractivity contribution in [2.45, 2.75) is 13.8 Å². The lowest BCUT2D eigenvalue weighted by atomic mass is 10.3. The molecule has 0 atom stereocenters. The fraction of sp³-hybridized carbons (Fsp3) is 0.545. The Morgan fingerprint density at radius 3 is 2.94 bits per heavy atom. The predicted molar refractivity (Wildman–Crippen MR) is 61.1 cm³/mol. The minimum Gasteiger partial charge on any atom is -0.380 e. The van der Waals surface area contributed by atoms with Crippen LogP contribution in [0.15, 0.2) is 12.3 Å². The molecule has 0 fully saturated rings. The van der Waals surface area contributed by atoms with Crippen LogP contribution in [0.1, 0.15) is 19.4 Å². The number of anilines is 1. The van der Waals surface area contributed by atoms with Crippen LogP contribution in [0.4, 0.5) is 5.82 Å². The van der Waals surface area contributed by atoms with E-state index in [0.29, 0.717) is 24.6 Å². The molecule has 0 aliphatic heterocycles. The zero-order valence-corrected chi connectivity index (χ0v) is 9.68. The summed E-state index contributed by atoms with van der Waals surface area (Å²) in [4.78, 5) is 1.99. The van der Waals surface area contributed by atoms with Gasteiger partial charge in [-0.15, -0.1) is 5.10 Å². The zero-order valence-electron chi connectivity index (χ0n) is 9.68. The molecule has 0 amide bonds. The SMILES string of the molecule is CCOCCN(CC)c1nnccc1C#N. The van der Waals surface area contributed by atoms with E-state index in [0.717, 1.165) is 13.1 Å². The third-order valence-corrected chi connectivity index (χ3v) is 2.21. The van der Waals surface area contributed by atoms with Crippen LogP contribution in [0.5, 0.6) is 0 Å². The van der Waals surface area contributed by atoms with Gasteiger partial charge in [-0.1, -0.05) is 0 Å². The van der Waals surface area contributed by atoms with E-state index in [1.807, 2.05) is 18.7 Å². The average Bonchev–Trinajstić information content (AvgIpc) is 2.35. The van der Waals surface area contributed by atoms with Crippen molar-refractivity contribution in [2.24, 2.45) is 0 Å². The molecule has 5 nitrogen and oxygen atoms in total. The molecule has 1 heterocycles. The van der Waals surface area contributed by atoms with Crippen LogP contribution in [0, 0.1) is 11.3 Å². The highest BCUT2D eigenvalue weighted by atomic mass is 16.5. The molecule has 0 unspecified atom stereocenters. The number of nitriles is 1. The maximum absolute atomic E-state index is 8.96. The van der Waals surface area contributed by atoms with E-state index >= 15 is 0 Å². The Morgan fingerprint density at radius 1 is 1.50 bits per heavy atom. The Bertz CT molecular complexity index is 361. The summed E-state index contributed by atoms with van der Waals surface area (Å²) in [5.41, 5.74) is 0.549. The van der Waals surface area contributed by atoms with Crippen molar-refractivity contribution in [3.63, 3.8) is 0 Å². The third kappa shape index (κ3) is 3.17. The second-order valence-corrected chi connectivity index (χ2v) is 3.16. The van der Waals surface area contributed by atoms with Crippen LogP contribution in [-0.4, -0.2) is 36.5 Å². The van der Waals surface area contributed by atoms with Crippen LogP contribution < -0.4 is 4.90 Å². The van der Waals surface area contributed by atoms with E-state index in [9.17, 15) is 0 Å². The first-order chi connectivity index (χ1) is 7.83. The summed E-state index contributed by atoms with van der Waals surface area (Å²) >= 11 is 0. The molecule has 0 aliphatic carbocycles. The number of ether oxygens (including phenoxy) is 1. The first-order valence-corrected chi connectivity index (χ1v) is 5.38. The van der Waals surface area contributed by atoms with E-state index in [1.54, 1.807) is 6.07 Å². The number of rotatable bonds is 6. The van der Waals surface area contributed by atoms with Gasteiger partial charge in [-0.3, -0.25) is 0 Å². The Labute approximate surface area is 95.7 Å². The smallest absolute Gasteiger partial charge is 0.169 e. The van der Waals surface area contributed by atoms with Crippen molar-refractivity contribution in [1.82, 2.24) is 10.2 Å². The molecule has 1 aromatic rings. The highest BCUT2D eigenvalue weighted by molar-refractivity contribution is 5.52. The van der Waals surface area contributed by atoms with Crippen LogP contribution in [0.2, 0.25) is 0 Å².